The number of aromatic nitrogens is 1. The average Bonchev–Trinajstić information content (AvgIpc) is 2.25. The quantitative estimate of drug-likeness (QED) is 0.773. The Morgan fingerprint density at radius 2 is 2.20 bits per heavy atom. The van der Waals surface area contributed by atoms with Gasteiger partial charge >= 0.3 is 0 Å². The van der Waals surface area contributed by atoms with E-state index < -0.39 is 0 Å². The van der Waals surface area contributed by atoms with Crippen molar-refractivity contribution < 1.29 is 4.74 Å². The highest BCUT2D eigenvalue weighted by Gasteiger charge is 2.04. The fourth-order valence-electron chi connectivity index (χ4n) is 1.50. The predicted molar refractivity (Wildman–Crippen MR) is 62.7 cm³/mol. The molecule has 0 saturated heterocycles. The monoisotopic (exact) mass is 221 g/mol. The molecule has 0 N–H and O–H groups in total. The van der Waals surface area contributed by atoms with Crippen LogP contribution in [0.4, 0.5) is 0 Å². The van der Waals surface area contributed by atoms with Crippen LogP contribution in [-0.4, -0.2) is 11.6 Å². The van der Waals surface area contributed by atoms with Crippen LogP contribution in [0.15, 0.2) is 24.4 Å². The number of aryl methyl sites for hydroxylation is 1. The molecule has 2 rings (SSSR count). The Bertz CT molecular complexity index is 496. The highest BCUT2D eigenvalue weighted by molar-refractivity contribution is 6.36. The first-order chi connectivity index (χ1) is 7.22. The van der Waals surface area contributed by atoms with Crippen LogP contribution in [0.2, 0.25) is 5.02 Å². The van der Waals surface area contributed by atoms with Crippen LogP contribution in [0.1, 0.15) is 12.5 Å². The maximum absolute atomic E-state index is 6.20. The van der Waals surface area contributed by atoms with E-state index in [2.05, 4.69) is 4.98 Å². The first kappa shape index (κ1) is 10.2. The van der Waals surface area contributed by atoms with Crippen molar-refractivity contribution in [2.24, 2.45) is 0 Å². The SMILES string of the molecule is CCOc1ccc2ncc(C)c(Cl)c2c1. The number of benzene rings is 1. The summed E-state index contributed by atoms with van der Waals surface area (Å²) in [6.45, 7) is 4.56. The lowest BCUT2D eigenvalue weighted by Crippen LogP contribution is -1.92. The largest absolute Gasteiger partial charge is 0.494 e. The van der Waals surface area contributed by atoms with Crippen molar-refractivity contribution in [3.8, 4) is 5.75 Å². The molecular formula is C12H12ClNO. The van der Waals surface area contributed by atoms with Gasteiger partial charge in [0.05, 0.1) is 17.1 Å². The molecular weight excluding hydrogens is 210 g/mol. The summed E-state index contributed by atoms with van der Waals surface area (Å²) in [5, 5.41) is 1.70. The highest BCUT2D eigenvalue weighted by atomic mass is 35.5. The van der Waals surface area contributed by atoms with E-state index in [-0.39, 0.29) is 0 Å². The lowest BCUT2D eigenvalue weighted by Gasteiger charge is -2.06. The minimum atomic E-state index is 0.655. The van der Waals surface area contributed by atoms with E-state index in [4.69, 9.17) is 16.3 Å². The summed E-state index contributed by atoms with van der Waals surface area (Å²) in [7, 11) is 0. The lowest BCUT2D eigenvalue weighted by atomic mass is 10.1. The Morgan fingerprint density at radius 3 is 2.93 bits per heavy atom. The molecule has 1 aromatic heterocycles. The number of hydrogen-bond acceptors (Lipinski definition) is 2. The maximum Gasteiger partial charge on any atom is 0.120 e. The second-order valence-corrected chi connectivity index (χ2v) is 3.75. The van der Waals surface area contributed by atoms with Crippen LogP contribution in [0, 0.1) is 6.92 Å². The number of ether oxygens (including phenoxy) is 1. The van der Waals surface area contributed by atoms with Crippen molar-refractivity contribution in [1.29, 1.82) is 0 Å². The Labute approximate surface area is 93.8 Å². The van der Waals surface area contributed by atoms with Gasteiger partial charge in [0, 0.05) is 11.6 Å². The first-order valence-electron chi connectivity index (χ1n) is 4.90. The van der Waals surface area contributed by atoms with Gasteiger partial charge in [0.2, 0.25) is 0 Å². The van der Waals surface area contributed by atoms with Crippen molar-refractivity contribution in [3.05, 3.63) is 35.0 Å². The van der Waals surface area contributed by atoms with Gasteiger partial charge < -0.3 is 4.74 Å². The molecule has 0 radical (unpaired) electrons. The van der Waals surface area contributed by atoms with E-state index in [1.165, 1.54) is 0 Å². The molecule has 0 saturated carbocycles. The number of nitrogens with zero attached hydrogens (tertiary/aromatic N) is 1. The Kier molecular flexibility index (Phi) is 2.78. The number of pyridine rings is 1. The Balaban J connectivity index is 2.63. The smallest absolute Gasteiger partial charge is 0.120 e. The summed E-state index contributed by atoms with van der Waals surface area (Å²) in [5.41, 5.74) is 1.88. The summed E-state index contributed by atoms with van der Waals surface area (Å²) in [4.78, 5) is 4.30. The first-order valence-corrected chi connectivity index (χ1v) is 5.28. The molecule has 0 bridgehead atoms. The van der Waals surface area contributed by atoms with Crippen LogP contribution >= 0.6 is 11.6 Å². The third-order valence-corrected chi connectivity index (χ3v) is 2.76. The topological polar surface area (TPSA) is 22.1 Å². The summed E-state index contributed by atoms with van der Waals surface area (Å²) >= 11 is 6.20. The van der Waals surface area contributed by atoms with Crippen LogP contribution in [0.5, 0.6) is 5.75 Å². The van der Waals surface area contributed by atoms with E-state index in [1.807, 2.05) is 32.0 Å². The van der Waals surface area contributed by atoms with E-state index in [0.717, 1.165) is 27.2 Å². The maximum atomic E-state index is 6.20. The molecule has 0 amide bonds. The van der Waals surface area contributed by atoms with E-state index in [0.29, 0.717) is 6.61 Å². The summed E-state index contributed by atoms with van der Waals surface area (Å²) < 4.78 is 5.42. The second-order valence-electron chi connectivity index (χ2n) is 3.37. The molecule has 0 aliphatic heterocycles. The van der Waals surface area contributed by atoms with Gasteiger partial charge in [0.1, 0.15) is 5.75 Å². The molecule has 2 aromatic rings. The van der Waals surface area contributed by atoms with E-state index in [9.17, 15) is 0 Å². The van der Waals surface area contributed by atoms with Gasteiger partial charge in [0.15, 0.2) is 0 Å². The van der Waals surface area contributed by atoms with Crippen molar-refractivity contribution in [2.75, 3.05) is 6.61 Å². The number of hydrogen-bond donors (Lipinski definition) is 0. The molecule has 0 aliphatic rings. The van der Waals surface area contributed by atoms with Crippen LogP contribution in [0.3, 0.4) is 0 Å². The van der Waals surface area contributed by atoms with Crippen molar-refractivity contribution in [3.63, 3.8) is 0 Å². The van der Waals surface area contributed by atoms with Crippen LogP contribution in [-0.2, 0) is 0 Å². The molecule has 0 aliphatic carbocycles. The fourth-order valence-corrected chi connectivity index (χ4v) is 1.70. The summed E-state index contributed by atoms with van der Waals surface area (Å²) in [6.07, 6.45) is 1.78. The van der Waals surface area contributed by atoms with Gasteiger partial charge in [-0.1, -0.05) is 11.6 Å². The van der Waals surface area contributed by atoms with Gasteiger partial charge in [0.25, 0.3) is 0 Å². The average molecular weight is 222 g/mol. The minimum absolute atomic E-state index is 0.655. The zero-order valence-electron chi connectivity index (χ0n) is 8.75. The normalized spacial score (nSPS) is 10.6. The van der Waals surface area contributed by atoms with Crippen molar-refractivity contribution in [1.82, 2.24) is 4.98 Å². The Hall–Kier alpha value is -1.28. The van der Waals surface area contributed by atoms with Gasteiger partial charge in [-0.2, -0.15) is 0 Å². The van der Waals surface area contributed by atoms with Gasteiger partial charge in [-0.3, -0.25) is 4.98 Å². The minimum Gasteiger partial charge on any atom is -0.494 e. The molecule has 1 heterocycles. The predicted octanol–water partition coefficient (Wildman–Crippen LogP) is 3.60. The molecule has 0 atom stereocenters. The van der Waals surface area contributed by atoms with Gasteiger partial charge in [-0.15, -0.1) is 0 Å². The van der Waals surface area contributed by atoms with E-state index in [1.54, 1.807) is 6.20 Å². The molecule has 0 fully saturated rings. The third-order valence-electron chi connectivity index (χ3n) is 2.26. The van der Waals surface area contributed by atoms with Crippen LogP contribution in [0.25, 0.3) is 10.9 Å². The van der Waals surface area contributed by atoms with Gasteiger partial charge in [-0.05, 0) is 37.6 Å². The zero-order chi connectivity index (χ0) is 10.8. The highest BCUT2D eigenvalue weighted by Crippen LogP contribution is 2.28. The summed E-state index contributed by atoms with van der Waals surface area (Å²) in [5.74, 6) is 0.833. The number of halogens is 1. The molecule has 78 valence electrons. The van der Waals surface area contributed by atoms with Crippen molar-refractivity contribution >= 4 is 22.5 Å². The lowest BCUT2D eigenvalue weighted by molar-refractivity contribution is 0.340. The van der Waals surface area contributed by atoms with Crippen molar-refractivity contribution in [2.45, 2.75) is 13.8 Å². The number of rotatable bonds is 2. The van der Waals surface area contributed by atoms with E-state index >= 15 is 0 Å². The third kappa shape index (κ3) is 1.90. The number of fused-ring (bicyclic) bond motifs is 1. The standard InChI is InChI=1S/C12H12ClNO/c1-3-15-9-4-5-11-10(6-9)12(13)8(2)7-14-11/h4-7H,3H2,1-2H3. The second kappa shape index (κ2) is 4.07. The molecule has 2 nitrogen and oxygen atoms in total. The molecule has 0 unspecified atom stereocenters. The molecule has 0 spiro atoms. The molecule has 3 heteroatoms. The molecule has 1 aromatic carbocycles. The Morgan fingerprint density at radius 1 is 1.40 bits per heavy atom. The zero-order valence-corrected chi connectivity index (χ0v) is 9.51. The van der Waals surface area contributed by atoms with Gasteiger partial charge in [-0.25, -0.2) is 0 Å². The fraction of sp³-hybridized carbons (Fsp3) is 0.250. The summed E-state index contributed by atoms with van der Waals surface area (Å²) in [6, 6.07) is 5.76. The molecule has 15 heavy (non-hydrogen) atoms. The van der Waals surface area contributed by atoms with Crippen LogP contribution < -0.4 is 4.74 Å².